The van der Waals surface area contributed by atoms with Gasteiger partial charge in [-0.25, -0.2) is 0 Å². The summed E-state index contributed by atoms with van der Waals surface area (Å²) in [4.78, 5) is 0. The average molecular weight is 538 g/mol. The van der Waals surface area contributed by atoms with Crippen LogP contribution in [0.15, 0.2) is 68.1 Å². The maximum Gasteiger partial charge on any atom is 0.420 e. The van der Waals surface area contributed by atoms with Gasteiger partial charge in [-0.05, 0) is 55.1 Å². The molecule has 0 bridgehead atoms. The van der Waals surface area contributed by atoms with Gasteiger partial charge in [0.25, 0.3) is 0 Å². The number of hydrogen-bond acceptors (Lipinski definition) is 0. The summed E-state index contributed by atoms with van der Waals surface area (Å²) in [5.74, 6) is 0. The lowest BCUT2D eigenvalue weighted by Crippen LogP contribution is -2.07. The smallest absolute Gasteiger partial charge is 0.329 e. The lowest BCUT2D eigenvalue weighted by atomic mass is 10.1. The number of nitrogens with zero attached hydrogens (tertiary/aromatic N) is 1. The Morgan fingerprint density at radius 1 is 0.840 bits per heavy atom. The molecular weight excluding hydrogens is 527 g/mol. The molecule has 130 valence electrons. The minimum absolute atomic E-state index is 0.00801. The molecule has 0 spiro atoms. The van der Waals surface area contributed by atoms with Gasteiger partial charge in [-0.3, -0.25) is 0 Å². The van der Waals surface area contributed by atoms with E-state index in [0.29, 0.717) is 17.8 Å². The normalized spacial score (nSPS) is 11.8. The summed E-state index contributed by atoms with van der Waals surface area (Å²) in [5, 5.41) is 0. The molecule has 0 saturated heterocycles. The molecule has 0 radical (unpaired) electrons. The molecule has 0 fully saturated rings. The fourth-order valence-electron chi connectivity index (χ4n) is 2.60. The van der Waals surface area contributed by atoms with Crippen molar-refractivity contribution >= 4 is 47.8 Å². The topological polar surface area (TPSA) is 4.93 Å². The van der Waals surface area contributed by atoms with Crippen molar-refractivity contribution in [1.29, 1.82) is 0 Å². The summed E-state index contributed by atoms with van der Waals surface area (Å²) in [6, 6.07) is 16.5. The van der Waals surface area contributed by atoms with Crippen LogP contribution in [-0.4, -0.2) is 4.57 Å². The molecule has 7 heteroatoms. The molecule has 0 atom stereocenters. The van der Waals surface area contributed by atoms with Crippen molar-refractivity contribution in [2.75, 3.05) is 0 Å². The van der Waals surface area contributed by atoms with E-state index in [9.17, 15) is 13.2 Å². The van der Waals surface area contributed by atoms with Crippen LogP contribution in [0.1, 0.15) is 11.1 Å². The summed E-state index contributed by atoms with van der Waals surface area (Å²) in [7, 11) is 0. The third-order valence-corrected chi connectivity index (χ3v) is 5.85. The lowest BCUT2D eigenvalue weighted by molar-refractivity contribution is -0.138. The highest BCUT2D eigenvalue weighted by Crippen LogP contribution is 2.46. The van der Waals surface area contributed by atoms with E-state index < -0.39 is 11.7 Å². The molecule has 0 amide bonds. The van der Waals surface area contributed by atoms with E-state index in [-0.39, 0.29) is 9.08 Å². The van der Waals surface area contributed by atoms with E-state index in [1.165, 1.54) is 0 Å². The Balaban J connectivity index is 2.20. The second-order valence-corrected chi connectivity index (χ2v) is 7.86. The van der Waals surface area contributed by atoms with Crippen LogP contribution in [0.25, 0.3) is 11.3 Å². The summed E-state index contributed by atoms with van der Waals surface area (Å²) in [6.45, 7) is 0.312. The second-order valence-electron chi connectivity index (χ2n) is 5.40. The van der Waals surface area contributed by atoms with E-state index in [2.05, 4.69) is 47.8 Å². The Bertz CT molecular complexity index is 885. The van der Waals surface area contributed by atoms with Crippen molar-refractivity contribution in [3.05, 3.63) is 79.3 Å². The number of halogens is 6. The average Bonchev–Trinajstić information content (AvgIpc) is 2.80. The largest absolute Gasteiger partial charge is 0.420 e. The van der Waals surface area contributed by atoms with Gasteiger partial charge in [0, 0.05) is 11.0 Å². The van der Waals surface area contributed by atoms with E-state index in [0.717, 1.165) is 10.0 Å². The van der Waals surface area contributed by atoms with Crippen LogP contribution in [0.5, 0.6) is 0 Å². The van der Waals surface area contributed by atoms with E-state index in [4.69, 9.17) is 0 Å². The molecule has 0 N–H and O–H groups in total. The molecule has 0 aliphatic carbocycles. The predicted molar refractivity (Wildman–Crippen MR) is 104 cm³/mol. The van der Waals surface area contributed by atoms with Gasteiger partial charge < -0.3 is 4.57 Å². The van der Waals surface area contributed by atoms with Crippen LogP contribution >= 0.6 is 47.8 Å². The van der Waals surface area contributed by atoms with Crippen molar-refractivity contribution in [3.63, 3.8) is 0 Å². The Morgan fingerprint density at radius 3 is 2.00 bits per heavy atom. The van der Waals surface area contributed by atoms with Crippen LogP contribution in [0.4, 0.5) is 13.2 Å². The zero-order valence-electron chi connectivity index (χ0n) is 12.6. The Hall–Kier alpha value is -1.05. The number of rotatable bonds is 3. The molecule has 1 nitrogen and oxygen atoms in total. The van der Waals surface area contributed by atoms with Crippen LogP contribution in [-0.2, 0) is 12.7 Å². The van der Waals surface area contributed by atoms with E-state index >= 15 is 0 Å². The summed E-state index contributed by atoms with van der Waals surface area (Å²) in [5.41, 5.74) is 1.39. The summed E-state index contributed by atoms with van der Waals surface area (Å²) >= 11 is 9.70. The third kappa shape index (κ3) is 3.88. The van der Waals surface area contributed by atoms with Crippen LogP contribution in [0, 0.1) is 0 Å². The molecule has 2 aromatic carbocycles. The zero-order chi connectivity index (χ0) is 18.2. The Labute approximate surface area is 168 Å². The molecule has 3 aromatic rings. The first-order valence-corrected chi connectivity index (χ1v) is 9.61. The van der Waals surface area contributed by atoms with Gasteiger partial charge in [-0.2, -0.15) is 13.2 Å². The second kappa shape index (κ2) is 7.29. The Morgan fingerprint density at radius 2 is 1.44 bits per heavy atom. The molecule has 0 aliphatic rings. The van der Waals surface area contributed by atoms with Crippen molar-refractivity contribution in [3.8, 4) is 11.3 Å². The van der Waals surface area contributed by atoms with Gasteiger partial charge in [-0.15, -0.1) is 0 Å². The summed E-state index contributed by atoms with van der Waals surface area (Å²) in [6.07, 6.45) is -4.47. The molecular formula is C18H11Br3F3N. The zero-order valence-corrected chi connectivity index (χ0v) is 17.4. The number of aromatic nitrogens is 1. The fourth-order valence-corrected chi connectivity index (χ4v) is 4.71. The van der Waals surface area contributed by atoms with Gasteiger partial charge in [0.15, 0.2) is 0 Å². The first-order chi connectivity index (χ1) is 11.8. The van der Waals surface area contributed by atoms with Crippen LogP contribution in [0.2, 0.25) is 0 Å². The lowest BCUT2D eigenvalue weighted by Gasteiger charge is -2.12. The molecule has 3 rings (SSSR count). The van der Waals surface area contributed by atoms with Gasteiger partial charge in [0.05, 0.1) is 14.8 Å². The van der Waals surface area contributed by atoms with Crippen molar-refractivity contribution in [2.45, 2.75) is 12.7 Å². The monoisotopic (exact) mass is 535 g/mol. The van der Waals surface area contributed by atoms with Gasteiger partial charge >= 0.3 is 6.18 Å². The molecule has 0 unspecified atom stereocenters. The third-order valence-electron chi connectivity index (χ3n) is 3.73. The molecule has 25 heavy (non-hydrogen) atoms. The number of alkyl halides is 3. The summed E-state index contributed by atoms with van der Waals surface area (Å²) < 4.78 is 43.2. The highest BCUT2D eigenvalue weighted by molar-refractivity contribution is 9.11. The standard InChI is InChI=1S/C18H11Br3F3N/c19-13-8-6-11(7-9-13)10-25-16(12-4-2-1-3-5-12)15(20)14(17(25)21)18(22,23)24/h1-9H,10H2. The van der Waals surface area contributed by atoms with Gasteiger partial charge in [0.1, 0.15) is 5.56 Å². The minimum Gasteiger partial charge on any atom is -0.329 e. The minimum atomic E-state index is -4.47. The fraction of sp³-hybridized carbons (Fsp3) is 0.111. The molecule has 0 aliphatic heterocycles. The Kier molecular flexibility index (Phi) is 5.46. The highest BCUT2D eigenvalue weighted by Gasteiger charge is 2.40. The molecule has 0 saturated carbocycles. The van der Waals surface area contributed by atoms with Crippen LogP contribution < -0.4 is 0 Å². The maximum absolute atomic E-state index is 13.5. The molecule has 1 heterocycles. The predicted octanol–water partition coefficient (Wildman–Crippen LogP) is 7.51. The van der Waals surface area contributed by atoms with E-state index in [1.54, 1.807) is 28.8 Å². The van der Waals surface area contributed by atoms with E-state index in [1.807, 2.05) is 30.3 Å². The number of benzene rings is 2. The van der Waals surface area contributed by atoms with Crippen molar-refractivity contribution in [2.24, 2.45) is 0 Å². The van der Waals surface area contributed by atoms with Crippen molar-refractivity contribution in [1.82, 2.24) is 4.57 Å². The quantitative estimate of drug-likeness (QED) is 0.326. The maximum atomic E-state index is 13.5. The SMILES string of the molecule is FC(F)(F)c1c(Br)c(-c2ccccc2)n(Cc2ccc(Br)cc2)c1Br. The van der Waals surface area contributed by atoms with Crippen LogP contribution in [0.3, 0.4) is 0 Å². The number of hydrogen-bond donors (Lipinski definition) is 0. The van der Waals surface area contributed by atoms with Crippen molar-refractivity contribution < 1.29 is 13.2 Å². The van der Waals surface area contributed by atoms with Gasteiger partial charge in [-0.1, -0.05) is 58.4 Å². The van der Waals surface area contributed by atoms with Gasteiger partial charge in [0.2, 0.25) is 0 Å². The molecule has 1 aromatic heterocycles. The first kappa shape index (κ1) is 18.7. The first-order valence-electron chi connectivity index (χ1n) is 7.23. The highest BCUT2D eigenvalue weighted by atomic mass is 79.9.